The van der Waals surface area contributed by atoms with Gasteiger partial charge in [0.05, 0.1) is 13.0 Å². The Kier molecular flexibility index (Phi) is 5.73. The minimum absolute atomic E-state index is 0.260. The molecule has 1 N–H and O–H groups in total. The average Bonchev–Trinajstić information content (AvgIpc) is 3.11. The summed E-state index contributed by atoms with van der Waals surface area (Å²) in [7, 11) is 1.37. The highest BCUT2D eigenvalue weighted by molar-refractivity contribution is 7.99. The molecule has 0 amide bonds. The number of anilines is 1. The topological polar surface area (TPSA) is 38.3 Å². The van der Waals surface area contributed by atoms with Crippen LogP contribution in [0.15, 0.2) is 64.9 Å². The normalized spacial score (nSPS) is 10.5. The Hall–Kier alpha value is -2.31. The fourth-order valence-corrected chi connectivity index (χ4v) is 4.07. The van der Waals surface area contributed by atoms with Gasteiger partial charge in [0.25, 0.3) is 0 Å². The summed E-state index contributed by atoms with van der Waals surface area (Å²) in [4.78, 5) is 13.0. The van der Waals surface area contributed by atoms with Crippen molar-refractivity contribution in [1.82, 2.24) is 0 Å². The van der Waals surface area contributed by atoms with Gasteiger partial charge < -0.3 is 10.1 Å². The number of esters is 1. The van der Waals surface area contributed by atoms with Crippen molar-refractivity contribution in [1.29, 1.82) is 0 Å². The third kappa shape index (κ3) is 4.41. The molecule has 1 aromatic heterocycles. The summed E-state index contributed by atoms with van der Waals surface area (Å²) in [6, 6.07) is 16.4. The summed E-state index contributed by atoms with van der Waals surface area (Å²) >= 11 is 2.89. The zero-order chi connectivity index (χ0) is 17.6. The van der Waals surface area contributed by atoms with Crippen LogP contribution in [0.4, 0.5) is 10.1 Å². The molecule has 25 heavy (non-hydrogen) atoms. The van der Waals surface area contributed by atoms with E-state index in [2.05, 4.69) is 10.1 Å². The molecule has 0 aliphatic rings. The van der Waals surface area contributed by atoms with Crippen molar-refractivity contribution < 1.29 is 13.9 Å². The lowest BCUT2D eigenvalue weighted by molar-refractivity contribution is 0.0606. The molecule has 0 spiro atoms. The number of carbonyl (C=O) groups is 1. The molecule has 0 aliphatic heterocycles. The van der Waals surface area contributed by atoms with Gasteiger partial charge in [-0.25, -0.2) is 9.18 Å². The number of methoxy groups -OCH3 is 1. The summed E-state index contributed by atoms with van der Waals surface area (Å²) < 4.78 is 19.0. The SMILES string of the molecule is COC(=O)c1cc(SCNc2ccc(-c3ccccc3)c(F)c2)cs1. The Morgan fingerprint density at radius 2 is 2.00 bits per heavy atom. The molecule has 0 fully saturated rings. The first kappa shape index (κ1) is 17.5. The van der Waals surface area contributed by atoms with Gasteiger partial charge in [-0.05, 0) is 29.8 Å². The Bertz CT molecular complexity index is 865. The molecule has 128 valence electrons. The Balaban J connectivity index is 1.60. The number of rotatable bonds is 6. The number of hydrogen-bond acceptors (Lipinski definition) is 5. The van der Waals surface area contributed by atoms with E-state index < -0.39 is 0 Å². The largest absolute Gasteiger partial charge is 0.465 e. The fraction of sp³-hybridized carbons (Fsp3) is 0.105. The maximum atomic E-state index is 14.3. The average molecular weight is 373 g/mol. The molecule has 3 rings (SSSR count). The van der Waals surface area contributed by atoms with Crippen LogP contribution in [-0.2, 0) is 4.74 Å². The van der Waals surface area contributed by atoms with E-state index in [4.69, 9.17) is 0 Å². The van der Waals surface area contributed by atoms with Crippen LogP contribution in [0.3, 0.4) is 0 Å². The molecule has 0 aliphatic carbocycles. The third-order valence-corrected chi connectivity index (χ3v) is 5.45. The number of ether oxygens (including phenoxy) is 1. The maximum absolute atomic E-state index is 14.3. The van der Waals surface area contributed by atoms with Gasteiger partial charge in [-0.1, -0.05) is 30.3 Å². The van der Waals surface area contributed by atoms with E-state index in [1.165, 1.54) is 36.3 Å². The van der Waals surface area contributed by atoms with Gasteiger partial charge in [-0.2, -0.15) is 0 Å². The minimum atomic E-state index is -0.330. The van der Waals surface area contributed by atoms with Gasteiger partial charge in [-0.15, -0.1) is 23.1 Å². The lowest BCUT2D eigenvalue weighted by atomic mass is 10.0. The fourth-order valence-electron chi connectivity index (χ4n) is 2.28. The molecule has 0 saturated heterocycles. The molecular weight excluding hydrogens is 357 g/mol. The highest BCUT2D eigenvalue weighted by atomic mass is 32.2. The van der Waals surface area contributed by atoms with Crippen molar-refractivity contribution in [2.75, 3.05) is 18.3 Å². The smallest absolute Gasteiger partial charge is 0.348 e. The second kappa shape index (κ2) is 8.18. The monoisotopic (exact) mass is 373 g/mol. The van der Waals surface area contributed by atoms with Crippen LogP contribution in [0, 0.1) is 5.82 Å². The van der Waals surface area contributed by atoms with E-state index in [1.54, 1.807) is 12.1 Å². The molecule has 0 radical (unpaired) electrons. The molecule has 1 heterocycles. The van der Waals surface area contributed by atoms with Gasteiger partial charge in [0.1, 0.15) is 10.7 Å². The first-order chi connectivity index (χ1) is 12.2. The second-order valence-electron chi connectivity index (χ2n) is 5.16. The first-order valence-electron chi connectivity index (χ1n) is 7.56. The highest BCUT2D eigenvalue weighted by Gasteiger charge is 2.09. The number of hydrogen-bond donors (Lipinski definition) is 1. The van der Waals surface area contributed by atoms with Crippen LogP contribution in [-0.4, -0.2) is 19.0 Å². The number of carbonyl (C=O) groups excluding carboxylic acids is 1. The number of nitrogens with one attached hydrogen (secondary N) is 1. The zero-order valence-electron chi connectivity index (χ0n) is 13.5. The zero-order valence-corrected chi connectivity index (χ0v) is 15.1. The van der Waals surface area contributed by atoms with E-state index in [-0.39, 0.29) is 11.8 Å². The van der Waals surface area contributed by atoms with Gasteiger partial charge in [-0.3, -0.25) is 0 Å². The van der Waals surface area contributed by atoms with Crippen molar-refractivity contribution in [2.24, 2.45) is 0 Å². The van der Waals surface area contributed by atoms with E-state index in [1.807, 2.05) is 41.8 Å². The van der Waals surface area contributed by atoms with Crippen LogP contribution >= 0.6 is 23.1 Å². The molecular formula is C19H16FNO2S2. The second-order valence-corrected chi connectivity index (χ2v) is 7.12. The van der Waals surface area contributed by atoms with Crippen LogP contribution in [0.1, 0.15) is 9.67 Å². The lowest BCUT2D eigenvalue weighted by Crippen LogP contribution is -1.98. The van der Waals surface area contributed by atoms with Gasteiger partial charge in [0.2, 0.25) is 0 Å². The molecule has 6 heteroatoms. The minimum Gasteiger partial charge on any atom is -0.465 e. The van der Waals surface area contributed by atoms with E-state index >= 15 is 0 Å². The first-order valence-corrected chi connectivity index (χ1v) is 9.42. The van der Waals surface area contributed by atoms with Crippen molar-refractivity contribution in [3.63, 3.8) is 0 Å². The van der Waals surface area contributed by atoms with Crippen molar-refractivity contribution in [3.8, 4) is 11.1 Å². The van der Waals surface area contributed by atoms with Crippen molar-refractivity contribution >= 4 is 34.8 Å². The van der Waals surface area contributed by atoms with Crippen molar-refractivity contribution in [2.45, 2.75) is 4.90 Å². The summed E-state index contributed by atoms with van der Waals surface area (Å²) in [6.07, 6.45) is 0. The molecule has 0 saturated carbocycles. The molecule has 2 aromatic carbocycles. The summed E-state index contributed by atoms with van der Waals surface area (Å²) in [6.45, 7) is 0. The maximum Gasteiger partial charge on any atom is 0.348 e. The predicted octanol–water partition coefficient (Wildman–Crippen LogP) is 5.50. The van der Waals surface area contributed by atoms with Gasteiger partial charge in [0, 0.05) is 21.5 Å². The summed E-state index contributed by atoms with van der Waals surface area (Å²) in [5, 5.41) is 5.08. The summed E-state index contributed by atoms with van der Waals surface area (Å²) in [5.74, 6) is -0.0188. The number of thioether (sulfide) groups is 1. The quantitative estimate of drug-likeness (QED) is 0.352. The van der Waals surface area contributed by atoms with E-state index in [9.17, 15) is 9.18 Å². The Labute approximate surface area is 153 Å². The molecule has 0 bridgehead atoms. The van der Waals surface area contributed by atoms with Gasteiger partial charge >= 0.3 is 5.97 Å². The van der Waals surface area contributed by atoms with Gasteiger partial charge in [0.15, 0.2) is 0 Å². The number of benzene rings is 2. The standard InChI is InChI=1S/C19H16FNO2S2/c1-23-19(22)18-10-15(11-24-18)25-12-21-14-7-8-16(17(20)9-14)13-5-3-2-4-6-13/h2-11,21H,12H2,1H3. The van der Waals surface area contributed by atoms with Crippen LogP contribution in [0.25, 0.3) is 11.1 Å². The molecule has 0 unspecified atom stereocenters. The molecule has 3 aromatic rings. The number of halogens is 1. The van der Waals surface area contributed by atoms with Crippen LogP contribution in [0.5, 0.6) is 0 Å². The third-order valence-electron chi connectivity index (χ3n) is 3.53. The predicted molar refractivity (Wildman–Crippen MR) is 102 cm³/mol. The molecule has 0 atom stereocenters. The highest BCUT2D eigenvalue weighted by Crippen LogP contribution is 2.27. The molecule has 3 nitrogen and oxygen atoms in total. The number of thiophene rings is 1. The van der Waals surface area contributed by atoms with Crippen molar-refractivity contribution in [3.05, 3.63) is 70.7 Å². The van der Waals surface area contributed by atoms with E-state index in [0.29, 0.717) is 22.0 Å². The Morgan fingerprint density at radius 3 is 2.72 bits per heavy atom. The van der Waals surface area contributed by atoms with Crippen LogP contribution in [0.2, 0.25) is 0 Å². The summed E-state index contributed by atoms with van der Waals surface area (Å²) in [5.41, 5.74) is 2.15. The lowest BCUT2D eigenvalue weighted by Gasteiger charge is -2.08. The Morgan fingerprint density at radius 1 is 1.20 bits per heavy atom. The van der Waals surface area contributed by atoms with E-state index in [0.717, 1.165) is 10.5 Å². The van der Waals surface area contributed by atoms with Crippen LogP contribution < -0.4 is 5.32 Å².